The lowest BCUT2D eigenvalue weighted by atomic mass is 10.2. The number of anilines is 1. The highest BCUT2D eigenvalue weighted by Gasteiger charge is 2.17. The predicted octanol–water partition coefficient (Wildman–Crippen LogP) is 2.02. The summed E-state index contributed by atoms with van der Waals surface area (Å²) >= 11 is 1.22. The average molecular weight is 345 g/mol. The van der Waals surface area contributed by atoms with E-state index in [1.807, 2.05) is 37.3 Å². The molecule has 0 bridgehead atoms. The van der Waals surface area contributed by atoms with Crippen LogP contribution < -0.4 is 10.6 Å². The molecule has 0 atom stereocenters. The maximum atomic E-state index is 12.6. The Kier molecular flexibility index (Phi) is 6.63. The van der Waals surface area contributed by atoms with Crippen LogP contribution in [-0.2, 0) is 11.3 Å². The lowest BCUT2D eigenvalue weighted by Crippen LogP contribution is -2.33. The Morgan fingerprint density at radius 2 is 2.17 bits per heavy atom. The van der Waals surface area contributed by atoms with E-state index in [9.17, 15) is 9.59 Å². The van der Waals surface area contributed by atoms with Crippen molar-refractivity contribution in [3.8, 4) is 6.07 Å². The van der Waals surface area contributed by atoms with E-state index in [-0.39, 0.29) is 23.8 Å². The number of carbonyl (C=O) groups excluding carboxylic acids is 1. The molecule has 0 radical (unpaired) electrons. The number of hydrogen-bond acceptors (Lipinski definition) is 5. The fourth-order valence-electron chi connectivity index (χ4n) is 2.21. The minimum atomic E-state index is -0.267. The molecule has 0 aliphatic rings. The van der Waals surface area contributed by atoms with Crippen LogP contribution >= 0.6 is 11.8 Å². The summed E-state index contributed by atoms with van der Waals surface area (Å²) in [5.74, 6) is 0.0221. The van der Waals surface area contributed by atoms with Crippen LogP contribution in [0.2, 0.25) is 0 Å². The first-order chi connectivity index (χ1) is 11.7. The van der Waals surface area contributed by atoms with Crippen LogP contribution in [0, 0.1) is 11.3 Å². The van der Waals surface area contributed by atoms with E-state index in [0.29, 0.717) is 18.2 Å². The molecule has 8 heteroatoms. The van der Waals surface area contributed by atoms with Gasteiger partial charge in [-0.15, -0.1) is 5.10 Å². The summed E-state index contributed by atoms with van der Waals surface area (Å²) in [4.78, 5) is 25.8. The highest BCUT2D eigenvalue weighted by Crippen LogP contribution is 2.19. The third kappa shape index (κ3) is 4.49. The molecule has 2 aromatic rings. The molecule has 0 saturated heterocycles. The summed E-state index contributed by atoms with van der Waals surface area (Å²) in [7, 11) is 0. The van der Waals surface area contributed by atoms with Crippen LogP contribution in [0.3, 0.4) is 0 Å². The molecule has 0 aliphatic heterocycles. The van der Waals surface area contributed by atoms with Crippen molar-refractivity contribution < 1.29 is 4.79 Å². The van der Waals surface area contributed by atoms with Gasteiger partial charge in [-0.05, 0) is 18.6 Å². The fraction of sp³-hybridized carbons (Fsp3) is 0.375. The van der Waals surface area contributed by atoms with Crippen LogP contribution in [0.5, 0.6) is 0 Å². The van der Waals surface area contributed by atoms with Gasteiger partial charge in [0.05, 0.1) is 18.2 Å². The minimum absolute atomic E-state index is 0.125. The Labute approximate surface area is 144 Å². The third-order valence-corrected chi connectivity index (χ3v) is 4.27. The summed E-state index contributed by atoms with van der Waals surface area (Å²) in [6, 6.07) is 11.3. The third-order valence-electron chi connectivity index (χ3n) is 3.31. The zero-order chi connectivity index (χ0) is 17.4. The van der Waals surface area contributed by atoms with Crippen molar-refractivity contribution >= 4 is 23.4 Å². The van der Waals surface area contributed by atoms with Crippen LogP contribution in [0.25, 0.3) is 0 Å². The van der Waals surface area contributed by atoms with E-state index in [4.69, 9.17) is 5.26 Å². The van der Waals surface area contributed by atoms with Gasteiger partial charge >= 0.3 is 5.69 Å². The quantitative estimate of drug-likeness (QED) is 0.739. The zero-order valence-corrected chi connectivity index (χ0v) is 14.3. The normalized spacial score (nSPS) is 10.3. The number of aromatic nitrogens is 3. The molecule has 0 spiro atoms. The van der Waals surface area contributed by atoms with Crippen molar-refractivity contribution in [1.82, 2.24) is 14.8 Å². The van der Waals surface area contributed by atoms with E-state index in [1.165, 1.54) is 16.3 Å². The van der Waals surface area contributed by atoms with E-state index >= 15 is 0 Å². The van der Waals surface area contributed by atoms with Gasteiger partial charge in [-0.3, -0.25) is 9.36 Å². The Morgan fingerprint density at radius 1 is 1.42 bits per heavy atom. The highest BCUT2D eigenvalue weighted by atomic mass is 32.2. The number of nitrogens with one attached hydrogen (secondary N) is 1. The number of benzene rings is 1. The van der Waals surface area contributed by atoms with Gasteiger partial charge in [0.25, 0.3) is 0 Å². The molecule has 1 aromatic heterocycles. The topological polar surface area (TPSA) is 94.8 Å². The first-order valence-electron chi connectivity index (χ1n) is 7.67. The van der Waals surface area contributed by atoms with E-state index in [0.717, 1.165) is 12.1 Å². The predicted molar refractivity (Wildman–Crippen MR) is 92.9 cm³/mol. The van der Waals surface area contributed by atoms with Crippen LogP contribution in [0.4, 0.5) is 5.69 Å². The molecule has 126 valence electrons. The number of hydrogen-bond donors (Lipinski definition) is 1. The molecule has 0 fully saturated rings. The molecule has 0 saturated carbocycles. The summed E-state index contributed by atoms with van der Waals surface area (Å²) in [5.41, 5.74) is 0.488. The maximum absolute atomic E-state index is 12.6. The summed E-state index contributed by atoms with van der Waals surface area (Å²) in [6.07, 6.45) is 1.06. The monoisotopic (exact) mass is 345 g/mol. The molecular formula is C16H19N5O2S. The van der Waals surface area contributed by atoms with E-state index in [2.05, 4.69) is 16.3 Å². The number of carbonyl (C=O) groups is 1. The lowest BCUT2D eigenvalue weighted by molar-refractivity contribution is -0.116. The smallest absolute Gasteiger partial charge is 0.311 e. The second-order valence-corrected chi connectivity index (χ2v) is 5.98. The summed E-state index contributed by atoms with van der Waals surface area (Å²) in [6.45, 7) is 2.86. The Morgan fingerprint density at radius 3 is 2.83 bits per heavy atom. The average Bonchev–Trinajstić information content (AvgIpc) is 2.95. The Bertz CT molecular complexity index is 763. The first-order valence-corrected chi connectivity index (χ1v) is 8.66. The summed E-state index contributed by atoms with van der Waals surface area (Å²) in [5, 5.41) is 15.7. The zero-order valence-electron chi connectivity index (χ0n) is 13.4. The lowest BCUT2D eigenvalue weighted by Gasteiger charge is -2.21. The van der Waals surface area contributed by atoms with Crippen molar-refractivity contribution in [1.29, 1.82) is 5.26 Å². The van der Waals surface area contributed by atoms with Gasteiger partial charge in [-0.1, -0.05) is 36.9 Å². The van der Waals surface area contributed by atoms with Gasteiger partial charge in [0.2, 0.25) is 5.91 Å². The van der Waals surface area contributed by atoms with Gasteiger partial charge in [0.1, 0.15) is 0 Å². The molecule has 0 aliphatic carbocycles. The van der Waals surface area contributed by atoms with Crippen molar-refractivity contribution in [3.63, 3.8) is 0 Å². The van der Waals surface area contributed by atoms with Crippen molar-refractivity contribution in [3.05, 3.63) is 40.8 Å². The number of para-hydroxylation sites is 1. The van der Waals surface area contributed by atoms with Gasteiger partial charge in [0, 0.05) is 18.8 Å². The van der Waals surface area contributed by atoms with Gasteiger partial charge < -0.3 is 4.90 Å². The van der Waals surface area contributed by atoms with Crippen molar-refractivity contribution in [2.24, 2.45) is 0 Å². The van der Waals surface area contributed by atoms with Gasteiger partial charge in [0.15, 0.2) is 5.16 Å². The van der Waals surface area contributed by atoms with Crippen molar-refractivity contribution in [2.45, 2.75) is 31.5 Å². The van der Waals surface area contributed by atoms with Gasteiger partial charge in [-0.2, -0.15) is 5.26 Å². The summed E-state index contributed by atoms with van der Waals surface area (Å²) < 4.78 is 1.53. The van der Waals surface area contributed by atoms with Crippen LogP contribution in [0.1, 0.15) is 19.8 Å². The maximum Gasteiger partial charge on any atom is 0.343 e. The number of amides is 1. The molecule has 2 rings (SSSR count). The van der Waals surface area contributed by atoms with E-state index in [1.54, 1.807) is 4.90 Å². The SMILES string of the molecule is CCCn1c(SCC(=O)N(CCC#N)c2ccccc2)n[nH]c1=O. The molecule has 0 unspecified atom stereocenters. The number of H-pyrrole nitrogens is 1. The number of nitrogens with zero attached hydrogens (tertiary/aromatic N) is 4. The van der Waals surface area contributed by atoms with Crippen LogP contribution in [0.15, 0.2) is 40.3 Å². The van der Waals surface area contributed by atoms with Crippen molar-refractivity contribution in [2.75, 3.05) is 17.2 Å². The highest BCUT2D eigenvalue weighted by molar-refractivity contribution is 7.99. The molecule has 24 heavy (non-hydrogen) atoms. The number of nitriles is 1. The second-order valence-electron chi connectivity index (χ2n) is 5.04. The minimum Gasteiger partial charge on any atom is -0.311 e. The standard InChI is InChI=1S/C16H19N5O2S/c1-2-10-21-15(23)18-19-16(21)24-12-14(22)20(11-6-9-17)13-7-4-3-5-8-13/h3-5,7-8H,2,6,10-12H2,1H3,(H,18,23). The molecule has 1 amide bonds. The van der Waals surface area contributed by atoms with Crippen LogP contribution in [-0.4, -0.2) is 33.0 Å². The van der Waals surface area contributed by atoms with E-state index < -0.39 is 0 Å². The van der Waals surface area contributed by atoms with Gasteiger partial charge in [-0.25, -0.2) is 9.89 Å². The Hall–Kier alpha value is -2.53. The number of rotatable bonds is 8. The number of thioether (sulfide) groups is 1. The molecule has 1 aromatic carbocycles. The molecular weight excluding hydrogens is 326 g/mol. The Balaban J connectivity index is 2.08. The molecule has 1 N–H and O–H groups in total. The molecule has 7 nitrogen and oxygen atoms in total. The first kappa shape index (κ1) is 17.8. The largest absolute Gasteiger partial charge is 0.343 e. The second kappa shape index (κ2) is 8.93. The number of aromatic amines is 1. The molecule has 1 heterocycles. The fourth-order valence-corrected chi connectivity index (χ4v) is 3.05.